The van der Waals surface area contributed by atoms with Crippen LogP contribution in [0.4, 0.5) is 0 Å². The molecule has 142 valence electrons. The Morgan fingerprint density at radius 2 is 2.00 bits per heavy atom. The topological polar surface area (TPSA) is 65.4 Å². The zero-order valence-electron chi connectivity index (χ0n) is 15.4. The molecule has 1 N–H and O–H groups in total. The summed E-state index contributed by atoms with van der Waals surface area (Å²) in [4.78, 5) is 16.5. The van der Waals surface area contributed by atoms with Gasteiger partial charge in [0.2, 0.25) is 12.7 Å². The van der Waals surface area contributed by atoms with E-state index in [0.29, 0.717) is 12.3 Å². The minimum absolute atomic E-state index is 0.119. The highest BCUT2D eigenvalue weighted by Crippen LogP contribution is 2.32. The van der Waals surface area contributed by atoms with Crippen molar-refractivity contribution in [2.75, 3.05) is 13.3 Å². The van der Waals surface area contributed by atoms with Crippen molar-refractivity contribution in [1.29, 1.82) is 0 Å². The molecular formula is C22H21N3O3. The summed E-state index contributed by atoms with van der Waals surface area (Å²) in [5.74, 6) is 2.26. The van der Waals surface area contributed by atoms with E-state index in [9.17, 15) is 4.79 Å². The number of benzene rings is 2. The molecule has 1 amide bonds. The van der Waals surface area contributed by atoms with Gasteiger partial charge in [-0.25, -0.2) is 4.98 Å². The standard InChI is InChI=1S/C22H21N3O3/c26-21(10-8-17-7-9-19-20(15-17)28-16-27-19)23-11-4-13-25-14-12-24-22(25)18-5-2-1-3-6-18/h1-3,5-10,12,14-15H,4,11,13,16H2,(H,23,26)/b10-8+. The number of carbonyl (C=O) groups excluding carboxylic acids is 1. The molecule has 2 aromatic carbocycles. The predicted molar refractivity (Wildman–Crippen MR) is 107 cm³/mol. The minimum Gasteiger partial charge on any atom is -0.454 e. The van der Waals surface area contributed by atoms with Crippen molar-refractivity contribution in [2.45, 2.75) is 13.0 Å². The summed E-state index contributed by atoms with van der Waals surface area (Å²) >= 11 is 0. The number of hydrogen-bond donors (Lipinski definition) is 1. The van der Waals surface area contributed by atoms with Gasteiger partial charge in [-0.2, -0.15) is 0 Å². The molecule has 0 saturated carbocycles. The number of ether oxygens (including phenoxy) is 2. The number of carbonyl (C=O) groups is 1. The van der Waals surface area contributed by atoms with Crippen LogP contribution < -0.4 is 14.8 Å². The van der Waals surface area contributed by atoms with Gasteiger partial charge in [0.05, 0.1) is 0 Å². The Morgan fingerprint density at radius 1 is 1.14 bits per heavy atom. The molecule has 3 aromatic rings. The van der Waals surface area contributed by atoms with Gasteiger partial charge in [-0.15, -0.1) is 0 Å². The molecule has 6 heteroatoms. The molecule has 4 rings (SSSR count). The van der Waals surface area contributed by atoms with Gasteiger partial charge in [0, 0.05) is 37.1 Å². The lowest BCUT2D eigenvalue weighted by atomic mass is 10.2. The third kappa shape index (κ3) is 4.23. The number of nitrogens with zero attached hydrogens (tertiary/aromatic N) is 2. The van der Waals surface area contributed by atoms with Crippen LogP contribution in [-0.4, -0.2) is 28.8 Å². The van der Waals surface area contributed by atoms with E-state index in [1.165, 1.54) is 6.08 Å². The zero-order valence-corrected chi connectivity index (χ0v) is 15.4. The van der Waals surface area contributed by atoms with Crippen molar-refractivity contribution in [3.63, 3.8) is 0 Å². The lowest BCUT2D eigenvalue weighted by Gasteiger charge is -2.08. The number of aryl methyl sites for hydroxylation is 1. The van der Waals surface area contributed by atoms with Crippen molar-refractivity contribution >= 4 is 12.0 Å². The maximum Gasteiger partial charge on any atom is 0.244 e. The van der Waals surface area contributed by atoms with Crippen LogP contribution in [0.25, 0.3) is 17.5 Å². The van der Waals surface area contributed by atoms with E-state index >= 15 is 0 Å². The molecule has 1 aliphatic heterocycles. The highest BCUT2D eigenvalue weighted by atomic mass is 16.7. The Hall–Kier alpha value is -3.54. The fraction of sp³-hybridized carbons (Fsp3) is 0.182. The SMILES string of the molecule is O=C(/C=C/c1ccc2c(c1)OCO2)NCCCn1ccnc1-c1ccccc1. The molecule has 0 fully saturated rings. The molecule has 0 spiro atoms. The Labute approximate surface area is 163 Å². The maximum absolute atomic E-state index is 12.0. The van der Waals surface area contributed by atoms with Crippen LogP contribution in [0.15, 0.2) is 67.0 Å². The summed E-state index contributed by atoms with van der Waals surface area (Å²) < 4.78 is 12.7. The zero-order chi connectivity index (χ0) is 19.2. The average molecular weight is 375 g/mol. The lowest BCUT2D eigenvalue weighted by Crippen LogP contribution is -2.23. The van der Waals surface area contributed by atoms with Gasteiger partial charge >= 0.3 is 0 Å². The van der Waals surface area contributed by atoms with Crippen LogP contribution in [0.5, 0.6) is 11.5 Å². The summed E-state index contributed by atoms with van der Waals surface area (Å²) in [6.07, 6.45) is 7.88. The first-order valence-corrected chi connectivity index (χ1v) is 9.22. The Bertz CT molecular complexity index is 980. The van der Waals surface area contributed by atoms with Gasteiger partial charge < -0.3 is 19.4 Å². The third-order valence-corrected chi connectivity index (χ3v) is 4.45. The van der Waals surface area contributed by atoms with E-state index in [4.69, 9.17) is 9.47 Å². The number of aromatic nitrogens is 2. The maximum atomic E-state index is 12.0. The van der Waals surface area contributed by atoms with E-state index in [-0.39, 0.29) is 12.7 Å². The van der Waals surface area contributed by atoms with Gasteiger partial charge in [0.1, 0.15) is 5.82 Å². The summed E-state index contributed by atoms with van der Waals surface area (Å²) in [6.45, 7) is 1.62. The Kier molecular flexibility index (Phi) is 5.38. The van der Waals surface area contributed by atoms with Crippen LogP contribution in [-0.2, 0) is 11.3 Å². The fourth-order valence-corrected chi connectivity index (χ4v) is 3.05. The summed E-state index contributed by atoms with van der Waals surface area (Å²) in [6, 6.07) is 15.7. The lowest BCUT2D eigenvalue weighted by molar-refractivity contribution is -0.116. The summed E-state index contributed by atoms with van der Waals surface area (Å²) in [5, 5.41) is 2.91. The van der Waals surface area contributed by atoms with Crippen LogP contribution >= 0.6 is 0 Å². The minimum atomic E-state index is -0.119. The Balaban J connectivity index is 1.25. The van der Waals surface area contributed by atoms with Crippen molar-refractivity contribution in [3.05, 3.63) is 72.6 Å². The number of hydrogen-bond acceptors (Lipinski definition) is 4. The van der Waals surface area contributed by atoms with E-state index in [1.807, 2.05) is 54.7 Å². The average Bonchev–Trinajstić information content (AvgIpc) is 3.39. The molecule has 1 aliphatic rings. The monoisotopic (exact) mass is 375 g/mol. The second kappa shape index (κ2) is 8.43. The molecule has 0 saturated heterocycles. The Morgan fingerprint density at radius 3 is 2.89 bits per heavy atom. The van der Waals surface area contributed by atoms with E-state index in [2.05, 4.69) is 14.9 Å². The smallest absolute Gasteiger partial charge is 0.244 e. The molecule has 0 radical (unpaired) electrons. The number of nitrogens with one attached hydrogen (secondary N) is 1. The fourth-order valence-electron chi connectivity index (χ4n) is 3.05. The van der Waals surface area contributed by atoms with E-state index in [1.54, 1.807) is 12.3 Å². The van der Waals surface area contributed by atoms with Crippen molar-refractivity contribution in [1.82, 2.24) is 14.9 Å². The van der Waals surface area contributed by atoms with Crippen molar-refractivity contribution in [3.8, 4) is 22.9 Å². The first-order valence-electron chi connectivity index (χ1n) is 9.22. The molecule has 0 atom stereocenters. The van der Waals surface area contributed by atoms with Crippen LogP contribution in [0.2, 0.25) is 0 Å². The van der Waals surface area contributed by atoms with Crippen molar-refractivity contribution in [2.24, 2.45) is 0 Å². The molecule has 6 nitrogen and oxygen atoms in total. The molecule has 0 bridgehead atoms. The molecule has 28 heavy (non-hydrogen) atoms. The summed E-state index contributed by atoms with van der Waals surface area (Å²) in [5.41, 5.74) is 1.98. The number of rotatable bonds is 7. The highest BCUT2D eigenvalue weighted by Gasteiger charge is 2.12. The highest BCUT2D eigenvalue weighted by molar-refractivity contribution is 5.91. The predicted octanol–water partition coefficient (Wildman–Crippen LogP) is 3.50. The largest absolute Gasteiger partial charge is 0.454 e. The van der Waals surface area contributed by atoms with E-state index in [0.717, 1.165) is 35.7 Å². The number of imidazole rings is 1. The van der Waals surface area contributed by atoms with E-state index < -0.39 is 0 Å². The van der Waals surface area contributed by atoms with Crippen LogP contribution in [0.1, 0.15) is 12.0 Å². The third-order valence-electron chi connectivity index (χ3n) is 4.45. The van der Waals surface area contributed by atoms with Crippen LogP contribution in [0.3, 0.4) is 0 Å². The quantitative estimate of drug-likeness (QED) is 0.507. The molecule has 2 heterocycles. The second-order valence-corrected chi connectivity index (χ2v) is 6.40. The first kappa shape index (κ1) is 17.9. The van der Waals surface area contributed by atoms with Gasteiger partial charge in [-0.3, -0.25) is 4.79 Å². The number of amides is 1. The second-order valence-electron chi connectivity index (χ2n) is 6.40. The first-order chi connectivity index (χ1) is 13.8. The van der Waals surface area contributed by atoms with Crippen LogP contribution in [0, 0.1) is 0 Å². The summed E-state index contributed by atoms with van der Waals surface area (Å²) in [7, 11) is 0. The van der Waals surface area contributed by atoms with Gasteiger partial charge in [-0.1, -0.05) is 36.4 Å². The van der Waals surface area contributed by atoms with Gasteiger partial charge in [0.25, 0.3) is 0 Å². The number of fused-ring (bicyclic) bond motifs is 1. The normalized spacial score (nSPS) is 12.4. The molecule has 0 unspecified atom stereocenters. The molecule has 1 aromatic heterocycles. The van der Waals surface area contributed by atoms with Gasteiger partial charge in [-0.05, 0) is 30.2 Å². The van der Waals surface area contributed by atoms with Gasteiger partial charge in [0.15, 0.2) is 11.5 Å². The van der Waals surface area contributed by atoms with Crippen molar-refractivity contribution < 1.29 is 14.3 Å². The molecular weight excluding hydrogens is 354 g/mol. The molecule has 0 aliphatic carbocycles.